The first-order valence-corrected chi connectivity index (χ1v) is 8.40. The Bertz CT molecular complexity index is 752. The summed E-state index contributed by atoms with van der Waals surface area (Å²) in [5.41, 5.74) is 2.04. The Balaban J connectivity index is 2.11. The van der Waals surface area contributed by atoms with Crippen molar-refractivity contribution in [1.29, 1.82) is 0 Å². The average molecular weight is 345 g/mol. The number of nitrogens with one attached hydrogen (secondary N) is 2. The van der Waals surface area contributed by atoms with Crippen LogP contribution in [-0.2, 0) is 11.3 Å². The highest BCUT2D eigenvalue weighted by atomic mass is 16.3. The van der Waals surface area contributed by atoms with Crippen LogP contribution in [0, 0.1) is 13.8 Å². The highest BCUT2D eigenvalue weighted by Crippen LogP contribution is 2.17. The van der Waals surface area contributed by atoms with E-state index >= 15 is 0 Å². The van der Waals surface area contributed by atoms with Crippen molar-refractivity contribution in [3.63, 3.8) is 0 Å². The van der Waals surface area contributed by atoms with E-state index in [1.807, 2.05) is 57.4 Å². The first-order chi connectivity index (χ1) is 11.6. The lowest BCUT2D eigenvalue weighted by Crippen LogP contribution is -2.50. The van der Waals surface area contributed by atoms with Crippen LogP contribution < -0.4 is 10.6 Å². The van der Waals surface area contributed by atoms with Gasteiger partial charge in [-0.3, -0.25) is 9.59 Å². The number of carbonyl (C=O) groups excluding carboxylic acids is 2. The summed E-state index contributed by atoms with van der Waals surface area (Å²) in [6, 6.07) is 4.96. The molecular weight excluding hydrogens is 318 g/mol. The number of nitrogens with zero attached hydrogens (tertiary/aromatic N) is 1. The van der Waals surface area contributed by atoms with Gasteiger partial charge in [-0.15, -0.1) is 0 Å². The molecular formula is C19H27N3O3. The molecule has 25 heavy (non-hydrogen) atoms. The molecule has 0 radical (unpaired) electrons. The third kappa shape index (κ3) is 4.75. The summed E-state index contributed by atoms with van der Waals surface area (Å²) in [6.45, 7) is 11.8. The maximum absolute atomic E-state index is 12.6. The highest BCUT2D eigenvalue weighted by molar-refractivity contribution is 5.98. The van der Waals surface area contributed by atoms with E-state index < -0.39 is 6.04 Å². The Morgan fingerprint density at radius 3 is 2.52 bits per heavy atom. The van der Waals surface area contributed by atoms with Gasteiger partial charge in [0.1, 0.15) is 11.8 Å². The maximum Gasteiger partial charge on any atom is 0.253 e. The van der Waals surface area contributed by atoms with Gasteiger partial charge in [0.25, 0.3) is 5.91 Å². The zero-order valence-electron chi connectivity index (χ0n) is 15.8. The van der Waals surface area contributed by atoms with E-state index in [0.29, 0.717) is 12.1 Å². The average Bonchev–Trinajstić information content (AvgIpc) is 3.09. The zero-order valence-corrected chi connectivity index (χ0v) is 15.8. The smallest absolute Gasteiger partial charge is 0.253 e. The molecule has 0 spiro atoms. The van der Waals surface area contributed by atoms with Gasteiger partial charge >= 0.3 is 0 Å². The molecule has 2 aromatic rings. The van der Waals surface area contributed by atoms with E-state index in [2.05, 4.69) is 10.6 Å². The summed E-state index contributed by atoms with van der Waals surface area (Å²) in [4.78, 5) is 24.7. The van der Waals surface area contributed by atoms with Gasteiger partial charge in [-0.1, -0.05) is 0 Å². The van der Waals surface area contributed by atoms with Gasteiger partial charge in [0.05, 0.1) is 18.4 Å². The molecule has 0 aliphatic rings. The van der Waals surface area contributed by atoms with E-state index in [1.165, 1.54) is 0 Å². The second-order valence-corrected chi connectivity index (χ2v) is 7.38. The minimum absolute atomic E-state index is 0.203. The number of carbonyl (C=O) groups is 2. The third-order valence-electron chi connectivity index (χ3n) is 3.95. The number of rotatable bonds is 5. The van der Waals surface area contributed by atoms with Crippen LogP contribution in [0.2, 0.25) is 0 Å². The van der Waals surface area contributed by atoms with Crippen molar-refractivity contribution >= 4 is 11.8 Å². The van der Waals surface area contributed by atoms with Crippen molar-refractivity contribution in [2.75, 3.05) is 0 Å². The Morgan fingerprint density at radius 2 is 1.96 bits per heavy atom. The molecule has 0 bridgehead atoms. The summed E-state index contributed by atoms with van der Waals surface area (Å²) < 4.78 is 7.41. The van der Waals surface area contributed by atoms with Gasteiger partial charge < -0.3 is 19.6 Å². The standard InChI is InChI=1S/C19H27N3O3/c1-12-10-16(14(3)22(12)11-15-8-7-9-25-15)18(24)20-13(2)17(23)21-19(4,5)6/h7-10,13H,11H2,1-6H3,(H,20,24)(H,21,23). The Hall–Kier alpha value is -2.50. The van der Waals surface area contributed by atoms with Crippen LogP contribution in [0.5, 0.6) is 0 Å². The predicted octanol–water partition coefficient (Wildman–Crippen LogP) is 2.78. The molecule has 0 aliphatic carbocycles. The van der Waals surface area contributed by atoms with Crippen molar-refractivity contribution in [3.8, 4) is 0 Å². The Labute approximate surface area is 148 Å². The molecule has 1 atom stereocenters. The fourth-order valence-electron chi connectivity index (χ4n) is 2.65. The van der Waals surface area contributed by atoms with E-state index in [1.54, 1.807) is 13.2 Å². The molecule has 136 valence electrons. The van der Waals surface area contributed by atoms with Crippen molar-refractivity contribution in [3.05, 3.63) is 47.2 Å². The van der Waals surface area contributed by atoms with E-state index in [9.17, 15) is 9.59 Å². The molecule has 1 unspecified atom stereocenters. The van der Waals surface area contributed by atoms with Crippen molar-refractivity contribution < 1.29 is 14.0 Å². The molecule has 0 aromatic carbocycles. The summed E-state index contributed by atoms with van der Waals surface area (Å²) >= 11 is 0. The second kappa shape index (κ2) is 7.17. The lowest BCUT2D eigenvalue weighted by Gasteiger charge is -2.23. The zero-order chi connectivity index (χ0) is 18.8. The minimum Gasteiger partial charge on any atom is -0.467 e. The van der Waals surface area contributed by atoms with Gasteiger partial charge in [0.2, 0.25) is 5.91 Å². The largest absolute Gasteiger partial charge is 0.467 e. The quantitative estimate of drug-likeness (QED) is 0.875. The summed E-state index contributed by atoms with van der Waals surface area (Å²) in [5.74, 6) is 0.368. The second-order valence-electron chi connectivity index (χ2n) is 7.38. The molecule has 2 rings (SSSR count). The van der Waals surface area contributed by atoms with Crippen molar-refractivity contribution in [2.45, 2.75) is 59.7 Å². The SMILES string of the molecule is Cc1cc(C(=O)NC(C)C(=O)NC(C)(C)C)c(C)n1Cc1ccco1. The monoisotopic (exact) mass is 345 g/mol. The normalized spacial score (nSPS) is 12.7. The van der Waals surface area contributed by atoms with Crippen molar-refractivity contribution in [1.82, 2.24) is 15.2 Å². The molecule has 6 heteroatoms. The number of aromatic nitrogens is 1. The molecule has 0 aliphatic heterocycles. The third-order valence-corrected chi connectivity index (χ3v) is 3.95. The Morgan fingerprint density at radius 1 is 1.28 bits per heavy atom. The van der Waals surface area contributed by atoms with Crippen LogP contribution in [0.3, 0.4) is 0 Å². The van der Waals surface area contributed by atoms with Crippen LogP contribution in [0.15, 0.2) is 28.9 Å². The molecule has 0 fully saturated rings. The first kappa shape index (κ1) is 18.8. The molecule has 2 aromatic heterocycles. The minimum atomic E-state index is -0.611. The lowest BCUT2D eigenvalue weighted by molar-refractivity contribution is -0.124. The molecule has 0 saturated carbocycles. The van der Waals surface area contributed by atoms with Gasteiger partial charge in [-0.25, -0.2) is 0 Å². The van der Waals surface area contributed by atoms with Crippen LogP contribution in [0.25, 0.3) is 0 Å². The summed E-state index contributed by atoms with van der Waals surface area (Å²) in [6.07, 6.45) is 1.63. The molecule has 6 nitrogen and oxygen atoms in total. The highest BCUT2D eigenvalue weighted by Gasteiger charge is 2.23. The first-order valence-electron chi connectivity index (χ1n) is 8.40. The number of aryl methyl sites for hydroxylation is 1. The Kier molecular flexibility index (Phi) is 5.40. The fraction of sp³-hybridized carbons (Fsp3) is 0.474. The fourth-order valence-corrected chi connectivity index (χ4v) is 2.65. The number of furan rings is 1. The topological polar surface area (TPSA) is 76.3 Å². The maximum atomic E-state index is 12.6. The number of hydrogen-bond donors (Lipinski definition) is 2. The van der Waals surface area contributed by atoms with Gasteiger partial charge in [-0.05, 0) is 59.7 Å². The molecule has 2 heterocycles. The van der Waals surface area contributed by atoms with Crippen LogP contribution >= 0.6 is 0 Å². The molecule has 0 saturated heterocycles. The predicted molar refractivity (Wildman–Crippen MR) is 96.5 cm³/mol. The van der Waals surface area contributed by atoms with Gasteiger partial charge in [0.15, 0.2) is 0 Å². The number of amides is 2. The van der Waals surface area contributed by atoms with E-state index in [4.69, 9.17) is 4.42 Å². The lowest BCUT2D eigenvalue weighted by atomic mass is 10.1. The van der Waals surface area contributed by atoms with Crippen molar-refractivity contribution in [2.24, 2.45) is 0 Å². The summed E-state index contributed by atoms with van der Waals surface area (Å²) in [7, 11) is 0. The van der Waals surface area contributed by atoms with Crippen LogP contribution in [0.1, 0.15) is 55.2 Å². The van der Waals surface area contributed by atoms with Gasteiger partial charge in [0, 0.05) is 16.9 Å². The number of hydrogen-bond acceptors (Lipinski definition) is 3. The van der Waals surface area contributed by atoms with E-state index in [-0.39, 0.29) is 17.4 Å². The van der Waals surface area contributed by atoms with Gasteiger partial charge in [-0.2, -0.15) is 0 Å². The summed E-state index contributed by atoms with van der Waals surface area (Å²) in [5, 5.41) is 5.64. The van der Waals surface area contributed by atoms with Crippen LogP contribution in [-0.4, -0.2) is 28.0 Å². The molecule has 2 N–H and O–H groups in total. The molecule has 2 amide bonds. The van der Waals surface area contributed by atoms with Crippen LogP contribution in [0.4, 0.5) is 0 Å². The van der Waals surface area contributed by atoms with E-state index in [0.717, 1.165) is 17.1 Å².